The van der Waals surface area contributed by atoms with Crippen LogP contribution < -0.4 is 16.6 Å². The first-order valence-corrected chi connectivity index (χ1v) is 9.69. The van der Waals surface area contributed by atoms with Gasteiger partial charge in [-0.25, -0.2) is 9.59 Å². The Morgan fingerprint density at radius 3 is 2.47 bits per heavy atom. The zero-order valence-electron chi connectivity index (χ0n) is 16.6. The number of aromatic nitrogens is 2. The highest BCUT2D eigenvalue weighted by Gasteiger charge is 2.08. The van der Waals surface area contributed by atoms with Crippen LogP contribution in [-0.4, -0.2) is 28.5 Å². The van der Waals surface area contributed by atoms with E-state index in [9.17, 15) is 19.2 Å². The van der Waals surface area contributed by atoms with Crippen LogP contribution in [0.3, 0.4) is 0 Å². The third-order valence-corrected chi connectivity index (χ3v) is 4.76. The number of anilines is 1. The summed E-state index contributed by atoms with van der Waals surface area (Å²) in [5.74, 6) is -0.571. The first kappa shape index (κ1) is 21.0. The predicted octanol–water partition coefficient (Wildman–Crippen LogP) is 2.68. The lowest BCUT2D eigenvalue weighted by atomic mass is 10.1. The number of benzene rings is 2. The number of fused-ring (bicyclic) bond motifs is 1. The highest BCUT2D eigenvalue weighted by Crippen LogP contribution is 2.12. The molecule has 3 rings (SSSR count). The van der Waals surface area contributed by atoms with Crippen LogP contribution in [0.15, 0.2) is 58.1 Å². The lowest BCUT2D eigenvalue weighted by molar-refractivity contribution is -0.116. The molecule has 0 aliphatic heterocycles. The number of para-hydroxylation sites is 1. The van der Waals surface area contributed by atoms with E-state index in [2.05, 4.69) is 15.0 Å². The number of ether oxygens (including phenoxy) is 1. The normalized spacial score (nSPS) is 10.7. The van der Waals surface area contributed by atoms with Crippen LogP contribution in [0.4, 0.5) is 5.69 Å². The molecular weight excluding hydrogens is 386 g/mol. The molecule has 0 aliphatic rings. The van der Waals surface area contributed by atoms with Gasteiger partial charge in [0.1, 0.15) is 0 Å². The van der Waals surface area contributed by atoms with Crippen molar-refractivity contribution in [2.24, 2.45) is 0 Å². The van der Waals surface area contributed by atoms with Gasteiger partial charge in [-0.15, -0.1) is 0 Å². The maximum atomic E-state index is 12.5. The van der Waals surface area contributed by atoms with Crippen LogP contribution in [-0.2, 0) is 16.1 Å². The van der Waals surface area contributed by atoms with Crippen molar-refractivity contribution in [3.8, 4) is 0 Å². The van der Waals surface area contributed by atoms with E-state index in [4.69, 9.17) is 0 Å². The Balaban J connectivity index is 1.46. The molecule has 2 N–H and O–H groups in total. The van der Waals surface area contributed by atoms with Crippen LogP contribution >= 0.6 is 0 Å². The van der Waals surface area contributed by atoms with E-state index < -0.39 is 11.7 Å². The maximum Gasteiger partial charge on any atom is 0.337 e. The topological polar surface area (TPSA) is 110 Å². The summed E-state index contributed by atoms with van der Waals surface area (Å²) in [4.78, 5) is 50.8. The van der Waals surface area contributed by atoms with E-state index in [0.29, 0.717) is 54.4 Å². The summed E-state index contributed by atoms with van der Waals surface area (Å²) in [6, 6.07) is 13.4. The van der Waals surface area contributed by atoms with E-state index in [1.165, 1.54) is 11.7 Å². The molecule has 1 heterocycles. The van der Waals surface area contributed by atoms with Gasteiger partial charge in [-0.05, 0) is 49.2 Å². The van der Waals surface area contributed by atoms with Gasteiger partial charge in [0.15, 0.2) is 0 Å². The van der Waals surface area contributed by atoms with Crippen molar-refractivity contribution in [1.82, 2.24) is 9.55 Å². The predicted molar refractivity (Wildman–Crippen MR) is 114 cm³/mol. The van der Waals surface area contributed by atoms with Gasteiger partial charge in [-0.2, -0.15) is 0 Å². The van der Waals surface area contributed by atoms with Crippen molar-refractivity contribution in [1.29, 1.82) is 0 Å². The number of nitrogens with one attached hydrogen (secondary N) is 2. The van der Waals surface area contributed by atoms with Gasteiger partial charge in [0, 0.05) is 18.7 Å². The minimum Gasteiger partial charge on any atom is -0.465 e. The number of carbonyl (C=O) groups is 2. The van der Waals surface area contributed by atoms with E-state index >= 15 is 0 Å². The minimum atomic E-state index is -0.433. The molecule has 0 saturated heterocycles. The number of rotatable bonds is 8. The van der Waals surface area contributed by atoms with E-state index in [1.54, 1.807) is 48.5 Å². The zero-order valence-corrected chi connectivity index (χ0v) is 16.6. The van der Waals surface area contributed by atoms with E-state index in [-0.39, 0.29) is 11.5 Å². The number of amides is 1. The molecule has 0 fully saturated rings. The molecule has 30 heavy (non-hydrogen) atoms. The molecule has 8 heteroatoms. The molecule has 1 amide bonds. The number of hydrogen-bond acceptors (Lipinski definition) is 5. The van der Waals surface area contributed by atoms with Crippen molar-refractivity contribution < 1.29 is 14.3 Å². The standard InChI is InChI=1S/C22H23N3O5/c1-30-21(28)15-10-12-16(13-11-15)23-19(26)9-3-2-6-14-25-20(27)17-7-4-5-8-18(17)24-22(25)29/h4-5,7-8,10-13H,2-3,6,9,14H2,1H3,(H,23,26)(H,24,29). The molecule has 2 aromatic carbocycles. The van der Waals surface area contributed by atoms with E-state index in [1.807, 2.05) is 0 Å². The van der Waals surface area contributed by atoms with Crippen LogP contribution in [0.25, 0.3) is 10.9 Å². The smallest absolute Gasteiger partial charge is 0.337 e. The Labute approximate surface area is 172 Å². The highest BCUT2D eigenvalue weighted by atomic mass is 16.5. The van der Waals surface area contributed by atoms with Crippen LogP contribution in [0.1, 0.15) is 36.0 Å². The summed E-state index contributed by atoms with van der Waals surface area (Å²) in [5.41, 5.74) is 0.811. The average Bonchev–Trinajstić information content (AvgIpc) is 2.75. The summed E-state index contributed by atoms with van der Waals surface area (Å²) in [6.07, 6.45) is 2.27. The molecule has 8 nitrogen and oxygen atoms in total. The van der Waals surface area contributed by atoms with Crippen molar-refractivity contribution in [2.75, 3.05) is 12.4 Å². The molecule has 0 bridgehead atoms. The molecule has 0 aliphatic carbocycles. The third kappa shape index (κ3) is 5.02. The number of carbonyl (C=O) groups excluding carboxylic acids is 2. The van der Waals surface area contributed by atoms with Crippen LogP contribution in [0.5, 0.6) is 0 Å². The van der Waals surface area contributed by atoms with Crippen molar-refractivity contribution in [3.63, 3.8) is 0 Å². The average molecular weight is 409 g/mol. The number of nitrogens with zero attached hydrogens (tertiary/aromatic N) is 1. The number of H-pyrrole nitrogens is 1. The maximum absolute atomic E-state index is 12.5. The fourth-order valence-corrected chi connectivity index (χ4v) is 3.17. The molecule has 1 aromatic heterocycles. The largest absolute Gasteiger partial charge is 0.465 e. The third-order valence-electron chi connectivity index (χ3n) is 4.76. The molecule has 0 radical (unpaired) electrons. The van der Waals surface area contributed by atoms with Gasteiger partial charge >= 0.3 is 11.7 Å². The molecular formula is C22H23N3O5. The molecule has 0 atom stereocenters. The van der Waals surface area contributed by atoms with E-state index in [0.717, 1.165) is 0 Å². The second-order valence-electron chi connectivity index (χ2n) is 6.86. The number of hydrogen-bond donors (Lipinski definition) is 2. The second-order valence-corrected chi connectivity index (χ2v) is 6.86. The van der Waals surface area contributed by atoms with Gasteiger partial charge in [0.2, 0.25) is 5.91 Å². The Bertz CT molecular complexity index is 1160. The van der Waals surface area contributed by atoms with Gasteiger partial charge in [0.25, 0.3) is 5.56 Å². The molecule has 3 aromatic rings. The summed E-state index contributed by atoms with van der Waals surface area (Å²) < 4.78 is 5.83. The summed E-state index contributed by atoms with van der Waals surface area (Å²) in [7, 11) is 1.31. The number of aromatic amines is 1. The molecule has 0 unspecified atom stereocenters. The Morgan fingerprint density at radius 1 is 1.00 bits per heavy atom. The van der Waals surface area contributed by atoms with Crippen LogP contribution in [0, 0.1) is 0 Å². The lowest BCUT2D eigenvalue weighted by Crippen LogP contribution is -2.35. The molecule has 0 spiro atoms. The number of methoxy groups -OCH3 is 1. The highest BCUT2D eigenvalue weighted by molar-refractivity contribution is 5.93. The minimum absolute atomic E-state index is 0.137. The monoisotopic (exact) mass is 409 g/mol. The van der Waals surface area contributed by atoms with Crippen molar-refractivity contribution in [2.45, 2.75) is 32.2 Å². The van der Waals surface area contributed by atoms with Gasteiger partial charge in [-0.3, -0.25) is 14.2 Å². The Hall–Kier alpha value is -3.68. The Morgan fingerprint density at radius 2 is 1.73 bits per heavy atom. The van der Waals surface area contributed by atoms with Gasteiger partial charge < -0.3 is 15.0 Å². The van der Waals surface area contributed by atoms with Crippen molar-refractivity contribution in [3.05, 3.63) is 74.9 Å². The number of esters is 1. The molecule has 156 valence electrons. The zero-order chi connectivity index (χ0) is 21.5. The fraction of sp³-hybridized carbons (Fsp3) is 0.273. The lowest BCUT2D eigenvalue weighted by Gasteiger charge is -2.07. The Kier molecular flexibility index (Phi) is 6.79. The van der Waals surface area contributed by atoms with Crippen molar-refractivity contribution >= 4 is 28.5 Å². The first-order chi connectivity index (χ1) is 14.5. The summed E-state index contributed by atoms with van der Waals surface area (Å²) in [5, 5.41) is 3.25. The first-order valence-electron chi connectivity index (χ1n) is 9.69. The molecule has 0 saturated carbocycles. The fourth-order valence-electron chi connectivity index (χ4n) is 3.17. The second kappa shape index (κ2) is 9.69. The van der Waals surface area contributed by atoms with Gasteiger partial charge in [-0.1, -0.05) is 18.6 Å². The van der Waals surface area contributed by atoms with Gasteiger partial charge in [0.05, 0.1) is 23.6 Å². The summed E-state index contributed by atoms with van der Waals surface area (Å²) >= 11 is 0. The summed E-state index contributed by atoms with van der Waals surface area (Å²) in [6.45, 7) is 0.301. The SMILES string of the molecule is COC(=O)c1ccc(NC(=O)CCCCCn2c(=O)[nH]c3ccccc3c2=O)cc1. The van der Waals surface area contributed by atoms with Crippen LogP contribution in [0.2, 0.25) is 0 Å². The number of unbranched alkanes of at least 4 members (excludes halogenated alkanes) is 2. The quantitative estimate of drug-likeness (QED) is 0.439.